The van der Waals surface area contributed by atoms with Crippen molar-refractivity contribution in [3.63, 3.8) is 0 Å². The van der Waals surface area contributed by atoms with Crippen LogP contribution < -0.4 is 4.72 Å². The van der Waals surface area contributed by atoms with Crippen LogP contribution in [-0.2, 0) is 10.0 Å². The molecule has 20 heavy (non-hydrogen) atoms. The van der Waals surface area contributed by atoms with Gasteiger partial charge in [-0.25, -0.2) is 17.9 Å². The van der Waals surface area contributed by atoms with Crippen molar-refractivity contribution in [3.05, 3.63) is 29.8 Å². The van der Waals surface area contributed by atoms with Gasteiger partial charge < -0.3 is 10.2 Å². The van der Waals surface area contributed by atoms with Crippen LogP contribution in [-0.4, -0.2) is 36.7 Å². The molecular formula is C13H17NO5S. The van der Waals surface area contributed by atoms with Crippen molar-refractivity contribution in [2.75, 3.05) is 0 Å². The average molecular weight is 299 g/mol. The van der Waals surface area contributed by atoms with Crippen molar-refractivity contribution < 1.29 is 23.4 Å². The number of aromatic carboxylic acids is 1. The maximum atomic E-state index is 12.2. The molecule has 0 unspecified atom stereocenters. The highest BCUT2D eigenvalue weighted by Gasteiger charge is 2.28. The van der Waals surface area contributed by atoms with Gasteiger partial charge in [0.15, 0.2) is 0 Å². The van der Waals surface area contributed by atoms with Gasteiger partial charge in [-0.15, -0.1) is 0 Å². The number of benzene rings is 1. The maximum Gasteiger partial charge on any atom is 0.335 e. The molecule has 2 atom stereocenters. The monoisotopic (exact) mass is 299 g/mol. The van der Waals surface area contributed by atoms with Gasteiger partial charge in [0.1, 0.15) is 0 Å². The lowest BCUT2D eigenvalue weighted by Gasteiger charge is -2.28. The second-order valence-electron chi connectivity index (χ2n) is 4.91. The zero-order chi connectivity index (χ0) is 14.8. The lowest BCUT2D eigenvalue weighted by molar-refractivity contribution is 0.0696. The molecule has 2 rings (SSSR count). The molecule has 6 nitrogen and oxygen atoms in total. The van der Waals surface area contributed by atoms with E-state index >= 15 is 0 Å². The third-order valence-electron chi connectivity index (χ3n) is 3.43. The number of hydrogen-bond acceptors (Lipinski definition) is 4. The SMILES string of the molecule is O=C(O)c1cccc(S(=O)(=O)N[C@@H]2CCCC[C@H]2O)c1. The van der Waals surface area contributed by atoms with Crippen molar-refractivity contribution in [3.8, 4) is 0 Å². The average Bonchev–Trinajstić information content (AvgIpc) is 2.41. The van der Waals surface area contributed by atoms with Gasteiger partial charge in [0, 0.05) is 6.04 Å². The fourth-order valence-corrected chi connectivity index (χ4v) is 3.66. The Hall–Kier alpha value is -1.44. The minimum Gasteiger partial charge on any atom is -0.478 e. The van der Waals surface area contributed by atoms with Crippen LogP contribution in [0.3, 0.4) is 0 Å². The molecule has 0 saturated heterocycles. The highest BCUT2D eigenvalue weighted by Crippen LogP contribution is 2.21. The Morgan fingerprint density at radius 2 is 1.95 bits per heavy atom. The number of carboxylic acid groups (broad SMARTS) is 1. The van der Waals surface area contributed by atoms with Gasteiger partial charge in [-0.2, -0.15) is 0 Å². The number of hydrogen-bond donors (Lipinski definition) is 3. The first-order valence-electron chi connectivity index (χ1n) is 6.44. The molecule has 7 heteroatoms. The van der Waals surface area contributed by atoms with Crippen LogP contribution in [0, 0.1) is 0 Å². The molecule has 0 aliphatic heterocycles. The largest absolute Gasteiger partial charge is 0.478 e. The second-order valence-corrected chi connectivity index (χ2v) is 6.63. The first kappa shape index (κ1) is 15.0. The van der Waals surface area contributed by atoms with Crippen molar-refractivity contribution >= 4 is 16.0 Å². The minimum atomic E-state index is -3.82. The van der Waals surface area contributed by atoms with E-state index in [1.807, 2.05) is 0 Å². The fraction of sp³-hybridized carbons (Fsp3) is 0.462. The molecule has 0 radical (unpaired) electrons. The van der Waals surface area contributed by atoms with Gasteiger partial charge in [0.2, 0.25) is 10.0 Å². The molecule has 1 aromatic carbocycles. The second kappa shape index (κ2) is 5.90. The van der Waals surface area contributed by atoms with Crippen LogP contribution >= 0.6 is 0 Å². The standard InChI is InChI=1S/C13H17NO5S/c15-12-7-2-1-6-11(12)14-20(18,19)10-5-3-4-9(8-10)13(16)17/h3-5,8,11-12,14-15H,1-2,6-7H2,(H,16,17)/t11-,12-/m1/s1. The van der Waals surface area contributed by atoms with Crippen molar-refractivity contribution in [1.82, 2.24) is 4.72 Å². The molecule has 1 aliphatic rings. The summed E-state index contributed by atoms with van der Waals surface area (Å²) in [6, 6.07) is 4.65. The number of aliphatic hydroxyl groups excluding tert-OH is 1. The van der Waals surface area contributed by atoms with E-state index in [1.54, 1.807) is 0 Å². The number of carboxylic acids is 1. The van der Waals surface area contributed by atoms with E-state index in [-0.39, 0.29) is 10.5 Å². The molecule has 1 fully saturated rings. The van der Waals surface area contributed by atoms with Crippen LogP contribution in [0.5, 0.6) is 0 Å². The first-order valence-corrected chi connectivity index (χ1v) is 7.92. The predicted molar refractivity (Wildman–Crippen MR) is 72.0 cm³/mol. The Bertz CT molecular complexity index is 599. The Balaban J connectivity index is 2.21. The molecule has 1 aromatic rings. The molecule has 0 heterocycles. The van der Waals surface area contributed by atoms with Gasteiger partial charge in [0.25, 0.3) is 0 Å². The molecule has 0 bridgehead atoms. The van der Waals surface area contributed by atoms with Crippen molar-refractivity contribution in [2.24, 2.45) is 0 Å². The predicted octanol–water partition coefficient (Wildman–Crippen LogP) is 0.967. The summed E-state index contributed by atoms with van der Waals surface area (Å²) in [5.41, 5.74) is -0.0860. The summed E-state index contributed by atoms with van der Waals surface area (Å²) in [6.07, 6.45) is 2.20. The number of aliphatic hydroxyl groups is 1. The molecule has 0 amide bonds. The fourth-order valence-electron chi connectivity index (χ4n) is 2.31. The minimum absolute atomic E-state index is 0.0860. The Labute approximate surface area is 117 Å². The van der Waals surface area contributed by atoms with Crippen LogP contribution in [0.25, 0.3) is 0 Å². The van der Waals surface area contributed by atoms with Crippen LogP contribution in [0.4, 0.5) is 0 Å². The van der Waals surface area contributed by atoms with Gasteiger partial charge >= 0.3 is 5.97 Å². The molecule has 0 spiro atoms. The normalized spacial score (nSPS) is 23.4. The van der Waals surface area contributed by atoms with Crippen LogP contribution in [0.1, 0.15) is 36.0 Å². The molecule has 1 aliphatic carbocycles. The smallest absolute Gasteiger partial charge is 0.335 e. The van der Waals surface area contributed by atoms with E-state index in [4.69, 9.17) is 5.11 Å². The van der Waals surface area contributed by atoms with Crippen LogP contribution in [0.15, 0.2) is 29.2 Å². The number of nitrogens with one attached hydrogen (secondary N) is 1. The Kier molecular flexibility index (Phi) is 4.42. The summed E-state index contributed by atoms with van der Waals surface area (Å²) in [4.78, 5) is 10.8. The van der Waals surface area contributed by atoms with E-state index in [2.05, 4.69) is 4.72 Å². The number of rotatable bonds is 4. The van der Waals surface area contributed by atoms with Gasteiger partial charge in [-0.1, -0.05) is 18.9 Å². The lowest BCUT2D eigenvalue weighted by Crippen LogP contribution is -2.44. The summed E-state index contributed by atoms with van der Waals surface area (Å²) in [7, 11) is -3.82. The number of sulfonamides is 1. The van der Waals surface area contributed by atoms with E-state index in [1.165, 1.54) is 18.2 Å². The van der Waals surface area contributed by atoms with E-state index in [0.29, 0.717) is 12.8 Å². The third kappa shape index (κ3) is 3.36. The lowest BCUT2D eigenvalue weighted by atomic mass is 9.93. The molecule has 0 aromatic heterocycles. The molecule has 110 valence electrons. The van der Waals surface area contributed by atoms with Gasteiger partial charge in [-0.3, -0.25) is 0 Å². The highest BCUT2D eigenvalue weighted by molar-refractivity contribution is 7.89. The van der Waals surface area contributed by atoms with Crippen LogP contribution in [0.2, 0.25) is 0 Å². The van der Waals surface area contributed by atoms with Gasteiger partial charge in [-0.05, 0) is 31.0 Å². The summed E-state index contributed by atoms with van der Waals surface area (Å²) < 4.78 is 26.9. The number of carbonyl (C=O) groups is 1. The summed E-state index contributed by atoms with van der Waals surface area (Å²) in [5, 5.41) is 18.7. The zero-order valence-electron chi connectivity index (χ0n) is 10.8. The van der Waals surface area contributed by atoms with E-state index in [0.717, 1.165) is 18.9 Å². The van der Waals surface area contributed by atoms with Crippen molar-refractivity contribution in [1.29, 1.82) is 0 Å². The Morgan fingerprint density at radius 3 is 2.60 bits per heavy atom. The summed E-state index contributed by atoms with van der Waals surface area (Å²) in [5.74, 6) is -1.18. The van der Waals surface area contributed by atoms with Crippen molar-refractivity contribution in [2.45, 2.75) is 42.7 Å². The zero-order valence-corrected chi connectivity index (χ0v) is 11.6. The topological polar surface area (TPSA) is 104 Å². The van der Waals surface area contributed by atoms with E-state index in [9.17, 15) is 18.3 Å². The molecule has 3 N–H and O–H groups in total. The molecular weight excluding hydrogens is 282 g/mol. The quantitative estimate of drug-likeness (QED) is 0.768. The Morgan fingerprint density at radius 1 is 1.25 bits per heavy atom. The van der Waals surface area contributed by atoms with E-state index < -0.39 is 28.1 Å². The first-order chi connectivity index (χ1) is 9.40. The van der Waals surface area contributed by atoms with Gasteiger partial charge in [0.05, 0.1) is 16.6 Å². The highest BCUT2D eigenvalue weighted by atomic mass is 32.2. The summed E-state index contributed by atoms with van der Waals surface area (Å²) >= 11 is 0. The maximum absolute atomic E-state index is 12.2. The third-order valence-corrected chi connectivity index (χ3v) is 4.91. The summed E-state index contributed by atoms with van der Waals surface area (Å²) in [6.45, 7) is 0. The molecule has 1 saturated carbocycles.